The maximum absolute atomic E-state index is 12.6. The molecule has 68 heavy (non-hydrogen) atoms. The molecule has 0 aromatic heterocycles. The Bertz CT molecular complexity index is 1810. The van der Waals surface area contributed by atoms with Crippen molar-refractivity contribution in [3.8, 4) is 0 Å². The molecule has 0 amide bonds. The molecule has 5 heterocycles. The maximum atomic E-state index is 12.6. The summed E-state index contributed by atoms with van der Waals surface area (Å²) in [5, 5.41) is 76.1. The van der Waals surface area contributed by atoms with E-state index in [1.165, 1.54) is 6.92 Å². The summed E-state index contributed by atoms with van der Waals surface area (Å²) >= 11 is 0. The largest absolute Gasteiger partial charge is 0.459 e. The molecule has 0 bridgehead atoms. The summed E-state index contributed by atoms with van der Waals surface area (Å²) < 4.78 is 60.2. The lowest BCUT2D eigenvalue weighted by molar-refractivity contribution is -0.355. The second-order valence-electron chi connectivity index (χ2n) is 22.1. The Morgan fingerprint density at radius 1 is 0.706 bits per heavy atom. The van der Waals surface area contributed by atoms with Crippen LogP contribution in [0.5, 0.6) is 0 Å². The summed E-state index contributed by atoms with van der Waals surface area (Å²) in [4.78, 5) is 24.2. The van der Waals surface area contributed by atoms with Crippen molar-refractivity contribution in [2.24, 2.45) is 34.5 Å². The first-order valence-electron chi connectivity index (χ1n) is 25.2. The number of carbonyl (C=O) groups is 2. The van der Waals surface area contributed by atoms with Gasteiger partial charge in [-0.3, -0.25) is 4.79 Å². The molecule has 386 valence electrons. The van der Waals surface area contributed by atoms with Crippen LogP contribution in [-0.4, -0.2) is 177 Å². The highest BCUT2D eigenvalue weighted by Gasteiger charge is 2.68. The molecule has 8 fully saturated rings. The summed E-state index contributed by atoms with van der Waals surface area (Å²) in [5.41, 5.74) is 0.0925. The molecule has 0 aromatic carbocycles. The van der Waals surface area contributed by atoms with Gasteiger partial charge in [-0.25, -0.2) is 4.79 Å². The van der Waals surface area contributed by atoms with Crippen molar-refractivity contribution in [3.05, 3.63) is 11.6 Å². The highest BCUT2D eigenvalue weighted by Crippen LogP contribution is 2.70. The number of aliphatic hydroxyl groups is 7. The van der Waals surface area contributed by atoms with Crippen LogP contribution >= 0.6 is 0 Å². The van der Waals surface area contributed by atoms with Gasteiger partial charge in [-0.05, 0) is 113 Å². The van der Waals surface area contributed by atoms with E-state index in [0.29, 0.717) is 18.4 Å². The van der Waals surface area contributed by atoms with E-state index in [1.54, 1.807) is 19.9 Å². The van der Waals surface area contributed by atoms with Gasteiger partial charge in [0.2, 0.25) is 0 Å². The van der Waals surface area contributed by atoms with Crippen molar-refractivity contribution < 1.29 is 92.7 Å². The van der Waals surface area contributed by atoms with Gasteiger partial charge >= 0.3 is 11.9 Å². The molecule has 0 aromatic rings. The second kappa shape index (κ2) is 19.8. The third-order valence-corrected chi connectivity index (χ3v) is 18.3. The first-order chi connectivity index (χ1) is 32.2. The number of rotatable bonds is 11. The molecule has 25 atom stereocenters. The normalized spacial score (nSPS) is 52.8. The van der Waals surface area contributed by atoms with Crippen LogP contribution in [0.25, 0.3) is 0 Å². The van der Waals surface area contributed by atoms with E-state index in [-0.39, 0.29) is 54.0 Å². The van der Waals surface area contributed by atoms with Gasteiger partial charge in [-0.1, -0.05) is 13.8 Å². The number of hydrogen-bond donors (Lipinski definition) is 7. The zero-order valence-electron chi connectivity index (χ0n) is 40.2. The van der Waals surface area contributed by atoms with Gasteiger partial charge in [0.15, 0.2) is 25.2 Å². The average Bonchev–Trinajstić information content (AvgIpc) is 3.83. The molecule has 9 aliphatic rings. The number of carbonyl (C=O) groups excluding carboxylic acids is 2. The molecule has 0 spiro atoms. The molecule has 19 nitrogen and oxygen atoms in total. The van der Waals surface area contributed by atoms with Crippen LogP contribution in [0.3, 0.4) is 0 Å². The Balaban J connectivity index is 0.746. The minimum Gasteiger partial charge on any atom is -0.459 e. The summed E-state index contributed by atoms with van der Waals surface area (Å²) in [6.07, 6.45) is -7.65. The molecular formula is C49H76O19. The Kier molecular flexibility index (Phi) is 14.9. The van der Waals surface area contributed by atoms with Gasteiger partial charge in [-0.2, -0.15) is 0 Å². The van der Waals surface area contributed by atoms with Crippen molar-refractivity contribution in [1.29, 1.82) is 0 Å². The Hall–Kier alpha value is -1.92. The van der Waals surface area contributed by atoms with Crippen molar-refractivity contribution in [2.75, 3.05) is 13.2 Å². The van der Waals surface area contributed by atoms with Gasteiger partial charge in [0.25, 0.3) is 0 Å². The van der Waals surface area contributed by atoms with Crippen LogP contribution in [-0.2, 0) is 57.0 Å². The topological polar surface area (TPSA) is 268 Å². The molecule has 5 aliphatic heterocycles. The molecular weight excluding hydrogens is 893 g/mol. The minimum atomic E-state index is -1.68. The first kappa shape index (κ1) is 51.0. The predicted octanol–water partition coefficient (Wildman–Crippen LogP) is 1.64. The monoisotopic (exact) mass is 968 g/mol. The molecule has 4 saturated carbocycles. The Labute approximate surface area is 398 Å². The second-order valence-corrected chi connectivity index (χ2v) is 22.1. The van der Waals surface area contributed by atoms with E-state index in [4.69, 9.17) is 47.4 Å². The summed E-state index contributed by atoms with van der Waals surface area (Å²) in [5.74, 6) is 0.357. The van der Waals surface area contributed by atoms with Crippen LogP contribution in [0.4, 0.5) is 0 Å². The highest BCUT2D eigenvalue weighted by molar-refractivity contribution is 5.85. The standard InChI is InChI=1S/C49H76O19/c1-22-43(66-38-18-33(53)44(23(2)61-38)67-39-19-34(63-25(4)51)45(24(3)62-39)68-46-42(57)41(56)40(55)35(20-50)65-46)32(52)17-37(60-22)64-28-9-12-47(5)27(16-28)7-8-31-30(47)10-13-48(6)29(11-14-49(31,48)58)26-15-36(54)59-21-26/h15,22-24,27-35,37-46,50,52-53,55-58H,7-14,16-21H2,1-6H3/t22-,23-,24-,27-,28-,29+,30+,31+,32-,33-,34-,35+,37-,38-,39+,40+,41-,42+,43+,44+,45-,46-,47+,48-,49+/m1/s1. The van der Waals surface area contributed by atoms with Crippen molar-refractivity contribution in [1.82, 2.24) is 0 Å². The number of fused-ring (bicyclic) bond motifs is 5. The van der Waals surface area contributed by atoms with Crippen LogP contribution in [0.2, 0.25) is 0 Å². The molecule has 0 radical (unpaired) electrons. The number of ether oxygens (including phenoxy) is 10. The van der Waals surface area contributed by atoms with Crippen molar-refractivity contribution in [2.45, 2.75) is 235 Å². The van der Waals surface area contributed by atoms with Crippen LogP contribution in [0.15, 0.2) is 11.6 Å². The molecule has 0 unspecified atom stereocenters. The van der Waals surface area contributed by atoms with Gasteiger partial charge < -0.3 is 83.1 Å². The maximum Gasteiger partial charge on any atom is 0.331 e. The zero-order valence-corrected chi connectivity index (χ0v) is 40.2. The number of cyclic esters (lactones) is 1. The lowest BCUT2D eigenvalue weighted by atomic mass is 9.43. The van der Waals surface area contributed by atoms with E-state index in [9.17, 15) is 45.3 Å². The first-order valence-corrected chi connectivity index (χ1v) is 25.2. The average molecular weight is 969 g/mol. The van der Waals surface area contributed by atoms with Gasteiger partial charge in [0.1, 0.15) is 55.4 Å². The smallest absolute Gasteiger partial charge is 0.331 e. The fraction of sp³-hybridized carbons (Fsp3) is 0.918. The lowest BCUT2D eigenvalue weighted by Gasteiger charge is -2.64. The van der Waals surface area contributed by atoms with Gasteiger partial charge in [-0.15, -0.1) is 0 Å². The molecule has 4 saturated heterocycles. The van der Waals surface area contributed by atoms with Crippen molar-refractivity contribution >= 4 is 11.9 Å². The van der Waals surface area contributed by atoms with E-state index < -0.39 is 123 Å². The zero-order chi connectivity index (χ0) is 48.6. The Morgan fingerprint density at radius 2 is 1.34 bits per heavy atom. The fourth-order valence-electron chi connectivity index (χ4n) is 14.6. The lowest BCUT2D eigenvalue weighted by Crippen LogP contribution is -2.62. The molecule has 7 N–H and O–H groups in total. The quantitative estimate of drug-likeness (QED) is 0.115. The number of aliphatic hydroxyl groups excluding tert-OH is 6. The van der Waals surface area contributed by atoms with E-state index in [1.807, 2.05) is 6.92 Å². The minimum absolute atomic E-state index is 0.0126. The fourth-order valence-corrected chi connectivity index (χ4v) is 14.6. The van der Waals surface area contributed by atoms with Crippen LogP contribution < -0.4 is 0 Å². The molecule has 4 aliphatic carbocycles. The van der Waals surface area contributed by atoms with Crippen molar-refractivity contribution in [3.63, 3.8) is 0 Å². The van der Waals surface area contributed by atoms with Crippen LogP contribution in [0.1, 0.15) is 119 Å². The van der Waals surface area contributed by atoms with Gasteiger partial charge in [0.05, 0.1) is 48.8 Å². The van der Waals surface area contributed by atoms with Crippen LogP contribution in [0, 0.1) is 34.5 Å². The van der Waals surface area contributed by atoms with E-state index in [0.717, 1.165) is 63.4 Å². The van der Waals surface area contributed by atoms with E-state index >= 15 is 0 Å². The van der Waals surface area contributed by atoms with E-state index in [2.05, 4.69) is 13.8 Å². The molecule has 19 heteroatoms. The highest BCUT2D eigenvalue weighted by atomic mass is 16.8. The molecule has 9 rings (SSSR count). The number of hydrogen-bond acceptors (Lipinski definition) is 19. The number of esters is 2. The summed E-state index contributed by atoms with van der Waals surface area (Å²) in [6.45, 7) is 10.8. The Morgan fingerprint density at radius 3 is 1.94 bits per heavy atom. The summed E-state index contributed by atoms with van der Waals surface area (Å²) in [7, 11) is 0. The predicted molar refractivity (Wildman–Crippen MR) is 233 cm³/mol. The SMILES string of the molecule is CC(=O)O[C@@H]1C[C@H](O[C@@H]2[C@H](O)C[C@@H](O[C@@H]3[C@H](O)C[C@@H](O[C@@H]4CC[C@@]5(C)[C@H](CC[C@H]6[C@@H]5CC[C@]5(C)[C@H](C7=CC(=O)OC7)CC[C@]65O)C4)O[C@@H]3C)O[C@@H]2C)O[C@H](C)[C@H]1O[C@H]1O[C@@H](CO)[C@H](O)[C@@H](O)[C@@H]1O. The summed E-state index contributed by atoms with van der Waals surface area (Å²) in [6, 6.07) is 0. The van der Waals surface area contributed by atoms with Gasteiger partial charge in [0, 0.05) is 37.7 Å². The third kappa shape index (κ3) is 9.36. The third-order valence-electron chi connectivity index (χ3n) is 18.3.